The van der Waals surface area contributed by atoms with Crippen molar-refractivity contribution in [1.82, 2.24) is 15.0 Å². The largest absolute Gasteiger partial charge is 0.360 e. The lowest BCUT2D eigenvalue weighted by atomic mass is 10.1. The van der Waals surface area contributed by atoms with Gasteiger partial charge in [0.15, 0.2) is 0 Å². The number of aromatic nitrogens is 3. The Kier molecular flexibility index (Phi) is 3.94. The Morgan fingerprint density at radius 2 is 2.00 bits per heavy atom. The normalized spacial score (nSPS) is 15.3. The number of aryl methyl sites for hydroxylation is 1. The molecule has 0 radical (unpaired) electrons. The maximum atomic E-state index is 4.73. The summed E-state index contributed by atoms with van der Waals surface area (Å²) in [6.07, 6.45) is 4.39. The summed E-state index contributed by atoms with van der Waals surface area (Å²) in [7, 11) is 0. The molecule has 1 aromatic carbocycles. The minimum absolute atomic E-state index is 0.243. The lowest BCUT2D eigenvalue weighted by Crippen LogP contribution is -2.14. The van der Waals surface area contributed by atoms with Gasteiger partial charge in [-0.05, 0) is 37.3 Å². The molecule has 4 nitrogen and oxygen atoms in total. The van der Waals surface area contributed by atoms with Gasteiger partial charge in [0.25, 0.3) is 0 Å². The van der Waals surface area contributed by atoms with Crippen molar-refractivity contribution >= 4 is 38.7 Å². The summed E-state index contributed by atoms with van der Waals surface area (Å²) in [5.74, 6) is 2.38. The average Bonchev–Trinajstić information content (AvgIpc) is 3.17. The molecule has 6 heteroatoms. The van der Waals surface area contributed by atoms with E-state index >= 15 is 0 Å². The van der Waals surface area contributed by atoms with Crippen LogP contribution in [0.25, 0.3) is 20.7 Å². The highest BCUT2D eigenvalue weighted by atomic mass is 32.1. The lowest BCUT2D eigenvalue weighted by molar-refractivity contribution is 0.671. The van der Waals surface area contributed by atoms with Crippen LogP contribution < -0.4 is 5.32 Å². The summed E-state index contributed by atoms with van der Waals surface area (Å²) >= 11 is 3.44. The first-order valence-electron chi connectivity index (χ1n) is 8.77. The Morgan fingerprint density at radius 3 is 2.73 bits per heavy atom. The summed E-state index contributed by atoms with van der Waals surface area (Å²) in [6.45, 7) is 1.96. The molecule has 3 aromatic heterocycles. The Hall–Kier alpha value is -2.31. The van der Waals surface area contributed by atoms with Crippen molar-refractivity contribution < 1.29 is 0 Å². The molecule has 1 aliphatic carbocycles. The molecule has 26 heavy (non-hydrogen) atoms. The molecule has 130 valence electrons. The van der Waals surface area contributed by atoms with Crippen LogP contribution in [0, 0.1) is 12.8 Å². The van der Waals surface area contributed by atoms with Crippen molar-refractivity contribution in [3.05, 3.63) is 58.8 Å². The smallest absolute Gasteiger partial charge is 0.139 e. The molecule has 0 amide bonds. The number of thiazole rings is 1. The molecule has 0 bridgehead atoms. The van der Waals surface area contributed by atoms with Crippen molar-refractivity contribution in [1.29, 1.82) is 0 Å². The minimum Gasteiger partial charge on any atom is -0.360 e. The van der Waals surface area contributed by atoms with Crippen LogP contribution >= 0.6 is 22.7 Å². The predicted molar refractivity (Wildman–Crippen MR) is 109 cm³/mol. The number of nitrogens with zero attached hydrogens (tertiary/aromatic N) is 3. The molecule has 0 saturated heterocycles. The number of rotatable bonds is 5. The second-order valence-electron chi connectivity index (χ2n) is 6.64. The minimum atomic E-state index is 0.243. The molecule has 1 N–H and O–H groups in total. The zero-order valence-corrected chi connectivity index (χ0v) is 16.0. The van der Waals surface area contributed by atoms with Gasteiger partial charge in [-0.2, -0.15) is 0 Å². The SMILES string of the molecule is Cc1nc(N[C@@H](c2nccs2)C2CC2)c2cc(-c3ccccc3)sc2n1. The number of hydrogen-bond donors (Lipinski definition) is 1. The van der Waals surface area contributed by atoms with Gasteiger partial charge in [-0.15, -0.1) is 22.7 Å². The number of anilines is 1. The number of thiophene rings is 1. The molecule has 1 aliphatic rings. The van der Waals surface area contributed by atoms with E-state index in [-0.39, 0.29) is 6.04 Å². The van der Waals surface area contributed by atoms with Crippen molar-refractivity contribution in [3.8, 4) is 10.4 Å². The third kappa shape index (κ3) is 2.99. The van der Waals surface area contributed by atoms with E-state index in [1.807, 2.05) is 24.6 Å². The van der Waals surface area contributed by atoms with Gasteiger partial charge in [-0.1, -0.05) is 30.3 Å². The first kappa shape index (κ1) is 15.9. The van der Waals surface area contributed by atoms with Crippen LogP contribution in [0.3, 0.4) is 0 Å². The lowest BCUT2D eigenvalue weighted by Gasteiger charge is -2.17. The molecule has 4 aromatic rings. The van der Waals surface area contributed by atoms with Gasteiger partial charge < -0.3 is 5.32 Å². The molecule has 1 saturated carbocycles. The molecule has 1 fully saturated rings. The first-order chi connectivity index (χ1) is 12.8. The summed E-state index contributed by atoms with van der Waals surface area (Å²) in [4.78, 5) is 16.2. The Balaban J connectivity index is 1.57. The van der Waals surface area contributed by atoms with Gasteiger partial charge >= 0.3 is 0 Å². The van der Waals surface area contributed by atoms with Gasteiger partial charge in [-0.3, -0.25) is 0 Å². The summed E-state index contributed by atoms with van der Waals surface area (Å²) in [6, 6.07) is 12.9. The number of nitrogens with one attached hydrogen (secondary N) is 1. The molecule has 3 heterocycles. The molecular weight excluding hydrogens is 360 g/mol. The van der Waals surface area contributed by atoms with Crippen LogP contribution in [0.2, 0.25) is 0 Å². The standard InChI is InChI=1S/C20H18N4S2/c1-12-22-18(24-17(14-7-8-14)20-21-9-10-25-20)15-11-16(26-19(15)23-12)13-5-3-2-4-6-13/h2-6,9-11,14,17H,7-8H2,1H3,(H,22,23,24)/t17-/m1/s1. The third-order valence-electron chi connectivity index (χ3n) is 4.67. The average molecular weight is 379 g/mol. The van der Waals surface area contributed by atoms with Crippen molar-refractivity contribution in [2.75, 3.05) is 5.32 Å². The maximum Gasteiger partial charge on any atom is 0.139 e. The monoisotopic (exact) mass is 378 g/mol. The third-order valence-corrected chi connectivity index (χ3v) is 6.60. The van der Waals surface area contributed by atoms with Gasteiger partial charge in [0.05, 0.1) is 11.4 Å². The van der Waals surface area contributed by atoms with E-state index in [0.29, 0.717) is 5.92 Å². The second-order valence-corrected chi connectivity index (χ2v) is 8.60. The van der Waals surface area contributed by atoms with Gasteiger partial charge in [0.2, 0.25) is 0 Å². The fourth-order valence-electron chi connectivity index (χ4n) is 3.23. The van der Waals surface area contributed by atoms with Crippen molar-refractivity contribution in [2.45, 2.75) is 25.8 Å². The van der Waals surface area contributed by atoms with Crippen LogP contribution in [0.1, 0.15) is 29.7 Å². The van der Waals surface area contributed by atoms with Crippen molar-refractivity contribution in [3.63, 3.8) is 0 Å². The van der Waals surface area contributed by atoms with Crippen LogP contribution in [0.5, 0.6) is 0 Å². The van der Waals surface area contributed by atoms with E-state index in [1.54, 1.807) is 22.7 Å². The molecule has 0 aliphatic heterocycles. The molecule has 1 atom stereocenters. The summed E-state index contributed by atoms with van der Waals surface area (Å²) in [5.41, 5.74) is 1.22. The van der Waals surface area contributed by atoms with E-state index in [9.17, 15) is 0 Å². The maximum absolute atomic E-state index is 4.73. The van der Waals surface area contributed by atoms with Crippen molar-refractivity contribution in [2.24, 2.45) is 5.92 Å². The highest BCUT2D eigenvalue weighted by Crippen LogP contribution is 2.44. The van der Waals surface area contributed by atoms with Crippen LogP contribution in [0.15, 0.2) is 48.0 Å². The quantitative estimate of drug-likeness (QED) is 0.485. The molecular formula is C20H18N4S2. The number of fused-ring (bicyclic) bond motifs is 1. The zero-order valence-electron chi connectivity index (χ0n) is 14.3. The zero-order chi connectivity index (χ0) is 17.5. The van der Waals surface area contributed by atoms with E-state index in [2.05, 4.69) is 45.6 Å². The fourth-order valence-corrected chi connectivity index (χ4v) is 5.09. The summed E-state index contributed by atoms with van der Waals surface area (Å²) in [5, 5.41) is 7.99. The molecule has 0 spiro atoms. The fraction of sp³-hybridized carbons (Fsp3) is 0.250. The van der Waals surface area contributed by atoms with E-state index in [0.717, 1.165) is 26.9 Å². The predicted octanol–water partition coefficient (Wildman–Crippen LogP) is 5.69. The van der Waals surface area contributed by atoms with Crippen LogP contribution in [0.4, 0.5) is 5.82 Å². The summed E-state index contributed by atoms with van der Waals surface area (Å²) < 4.78 is 0. The highest BCUT2D eigenvalue weighted by Gasteiger charge is 2.34. The van der Waals surface area contributed by atoms with E-state index in [1.165, 1.54) is 23.3 Å². The first-order valence-corrected chi connectivity index (χ1v) is 10.5. The Bertz CT molecular complexity index is 1040. The van der Waals surface area contributed by atoms with Gasteiger partial charge in [0.1, 0.15) is 21.5 Å². The highest BCUT2D eigenvalue weighted by molar-refractivity contribution is 7.21. The number of hydrogen-bond acceptors (Lipinski definition) is 6. The van der Waals surface area contributed by atoms with E-state index < -0.39 is 0 Å². The second kappa shape index (κ2) is 6.45. The van der Waals surface area contributed by atoms with Gasteiger partial charge in [0, 0.05) is 16.5 Å². The number of benzene rings is 1. The van der Waals surface area contributed by atoms with Gasteiger partial charge in [-0.25, -0.2) is 15.0 Å². The topological polar surface area (TPSA) is 50.7 Å². The Morgan fingerprint density at radius 1 is 1.15 bits per heavy atom. The van der Waals surface area contributed by atoms with Crippen LogP contribution in [-0.2, 0) is 0 Å². The Labute approximate surface area is 160 Å². The van der Waals surface area contributed by atoms with E-state index in [4.69, 9.17) is 4.98 Å². The van der Waals surface area contributed by atoms with Crippen LogP contribution in [-0.4, -0.2) is 15.0 Å². The molecule has 0 unspecified atom stereocenters. The molecule has 5 rings (SSSR count).